The van der Waals surface area contributed by atoms with Crippen molar-refractivity contribution in [2.24, 2.45) is 0 Å². The minimum absolute atomic E-state index is 0.115. The summed E-state index contributed by atoms with van der Waals surface area (Å²) in [5.74, 6) is -1.34. The molecular weight excluding hydrogens is 422 g/mol. The number of sulfonamides is 2. The van der Waals surface area contributed by atoms with Crippen molar-refractivity contribution in [3.8, 4) is 0 Å². The molecule has 1 fully saturated rings. The highest BCUT2D eigenvalue weighted by atomic mass is 32.2. The van der Waals surface area contributed by atoms with Gasteiger partial charge in [0.2, 0.25) is 20.0 Å². The fraction of sp³-hybridized carbons (Fsp3) is 0.368. The summed E-state index contributed by atoms with van der Waals surface area (Å²) in [6.45, 7) is 2.81. The van der Waals surface area contributed by atoms with Gasteiger partial charge in [-0.3, -0.25) is 0 Å². The number of aryl methyl sites for hydroxylation is 2. The van der Waals surface area contributed by atoms with Crippen molar-refractivity contribution >= 4 is 20.0 Å². The monoisotopic (exact) mass is 444 g/mol. The van der Waals surface area contributed by atoms with Gasteiger partial charge in [-0.15, -0.1) is 0 Å². The largest absolute Gasteiger partial charge is 0.243 e. The number of rotatable bonds is 8. The van der Waals surface area contributed by atoms with E-state index in [1.165, 1.54) is 22.5 Å². The molecule has 10 heteroatoms. The molecule has 0 saturated heterocycles. The van der Waals surface area contributed by atoms with E-state index in [9.17, 15) is 25.6 Å². The summed E-state index contributed by atoms with van der Waals surface area (Å²) in [5.41, 5.74) is 0.786. The normalized spacial score (nSPS) is 15.1. The van der Waals surface area contributed by atoms with Crippen LogP contribution in [0.2, 0.25) is 0 Å². The minimum atomic E-state index is -4.01. The molecule has 1 saturated carbocycles. The summed E-state index contributed by atoms with van der Waals surface area (Å²) in [6.07, 6.45) is 1.31. The highest BCUT2D eigenvalue weighted by Gasteiger charge is 2.38. The van der Waals surface area contributed by atoms with Crippen LogP contribution in [0.1, 0.15) is 24.0 Å². The molecule has 0 heterocycles. The first kappa shape index (κ1) is 21.8. The summed E-state index contributed by atoms with van der Waals surface area (Å²) in [6, 6.07) is 6.75. The highest BCUT2D eigenvalue weighted by molar-refractivity contribution is 7.89. The van der Waals surface area contributed by atoms with E-state index in [0.717, 1.165) is 18.2 Å². The number of hydrogen-bond acceptors (Lipinski definition) is 4. The first-order valence-electron chi connectivity index (χ1n) is 9.06. The minimum Gasteiger partial charge on any atom is -0.210 e. The number of hydrogen-bond donors (Lipinski definition) is 1. The number of halogens is 2. The van der Waals surface area contributed by atoms with Crippen molar-refractivity contribution < 1.29 is 25.6 Å². The van der Waals surface area contributed by atoms with Gasteiger partial charge in [0, 0.05) is 19.1 Å². The van der Waals surface area contributed by atoms with Crippen molar-refractivity contribution in [1.29, 1.82) is 0 Å². The number of nitrogens with one attached hydrogen (secondary N) is 1. The van der Waals surface area contributed by atoms with Crippen LogP contribution < -0.4 is 4.72 Å². The molecule has 0 unspecified atom stereocenters. The number of benzene rings is 2. The molecular formula is C19H22F2N2O4S2. The molecule has 0 aromatic heterocycles. The van der Waals surface area contributed by atoms with E-state index in [1.54, 1.807) is 13.8 Å². The molecule has 0 bridgehead atoms. The SMILES string of the molecule is Cc1ccc(F)cc1S(=O)(=O)NCCN(C1CC1)S(=O)(=O)c1cc(F)ccc1C. The zero-order valence-corrected chi connectivity index (χ0v) is 17.7. The molecule has 1 aliphatic carbocycles. The van der Waals surface area contributed by atoms with Crippen LogP contribution in [0.4, 0.5) is 8.78 Å². The Hall–Kier alpha value is -1.88. The molecule has 6 nitrogen and oxygen atoms in total. The summed E-state index contributed by atoms with van der Waals surface area (Å²) in [4.78, 5) is -0.326. The lowest BCUT2D eigenvalue weighted by Gasteiger charge is -2.23. The van der Waals surface area contributed by atoms with Gasteiger partial charge in [0.1, 0.15) is 11.6 Å². The van der Waals surface area contributed by atoms with Crippen molar-refractivity contribution in [2.75, 3.05) is 13.1 Å². The van der Waals surface area contributed by atoms with Gasteiger partial charge in [0.25, 0.3) is 0 Å². The maximum absolute atomic E-state index is 13.6. The third-order valence-electron chi connectivity index (χ3n) is 4.75. The lowest BCUT2D eigenvalue weighted by Crippen LogP contribution is -2.40. The molecule has 158 valence electrons. The van der Waals surface area contributed by atoms with Crippen LogP contribution in [0.3, 0.4) is 0 Å². The summed E-state index contributed by atoms with van der Waals surface area (Å²) in [5, 5.41) is 0. The molecule has 1 N–H and O–H groups in total. The third-order valence-corrected chi connectivity index (χ3v) is 8.45. The molecule has 0 atom stereocenters. The predicted molar refractivity (Wildman–Crippen MR) is 104 cm³/mol. The Kier molecular flexibility index (Phi) is 6.09. The molecule has 2 aromatic carbocycles. The summed E-state index contributed by atoms with van der Waals surface area (Å²) >= 11 is 0. The molecule has 3 rings (SSSR count). The van der Waals surface area contributed by atoms with Gasteiger partial charge < -0.3 is 0 Å². The van der Waals surface area contributed by atoms with E-state index >= 15 is 0 Å². The Morgan fingerprint density at radius 1 is 0.931 bits per heavy atom. The Labute approximate surface area is 169 Å². The smallest absolute Gasteiger partial charge is 0.210 e. The zero-order valence-electron chi connectivity index (χ0n) is 16.0. The Morgan fingerprint density at radius 2 is 1.45 bits per heavy atom. The first-order valence-corrected chi connectivity index (χ1v) is 12.0. The van der Waals surface area contributed by atoms with Gasteiger partial charge in [-0.05, 0) is 62.1 Å². The summed E-state index contributed by atoms with van der Waals surface area (Å²) < 4.78 is 81.7. The highest BCUT2D eigenvalue weighted by Crippen LogP contribution is 2.33. The van der Waals surface area contributed by atoms with E-state index < -0.39 is 31.7 Å². The second-order valence-corrected chi connectivity index (χ2v) is 10.7. The van der Waals surface area contributed by atoms with E-state index in [1.807, 2.05) is 0 Å². The Morgan fingerprint density at radius 3 is 2.00 bits per heavy atom. The lowest BCUT2D eigenvalue weighted by atomic mass is 10.2. The maximum atomic E-state index is 13.6. The quantitative estimate of drug-likeness (QED) is 0.679. The van der Waals surface area contributed by atoms with Crippen LogP contribution in [0.15, 0.2) is 46.2 Å². The van der Waals surface area contributed by atoms with Crippen LogP contribution >= 0.6 is 0 Å². The first-order chi connectivity index (χ1) is 13.5. The second-order valence-electron chi connectivity index (χ2n) is 7.06. The van der Waals surface area contributed by atoms with Gasteiger partial charge in [-0.2, -0.15) is 4.31 Å². The number of nitrogens with zero attached hydrogens (tertiary/aromatic N) is 1. The van der Waals surface area contributed by atoms with Crippen LogP contribution in [-0.2, 0) is 20.0 Å². The van der Waals surface area contributed by atoms with Gasteiger partial charge >= 0.3 is 0 Å². The van der Waals surface area contributed by atoms with Crippen molar-refractivity contribution in [1.82, 2.24) is 9.03 Å². The molecule has 0 radical (unpaired) electrons. The van der Waals surface area contributed by atoms with E-state index in [-0.39, 0.29) is 28.9 Å². The van der Waals surface area contributed by atoms with E-state index in [4.69, 9.17) is 0 Å². The molecule has 0 spiro atoms. The topological polar surface area (TPSA) is 83.6 Å². The summed E-state index contributed by atoms with van der Waals surface area (Å²) in [7, 11) is -8.00. The van der Waals surface area contributed by atoms with Gasteiger partial charge in [0.15, 0.2) is 0 Å². The van der Waals surface area contributed by atoms with Crippen LogP contribution in [0, 0.1) is 25.5 Å². The Bertz CT molecular complexity index is 1130. The predicted octanol–water partition coefficient (Wildman–Crippen LogP) is 2.71. The Balaban J connectivity index is 1.79. The van der Waals surface area contributed by atoms with Crippen molar-refractivity contribution in [3.05, 3.63) is 59.2 Å². The van der Waals surface area contributed by atoms with Crippen LogP contribution in [0.5, 0.6) is 0 Å². The van der Waals surface area contributed by atoms with Gasteiger partial charge in [-0.1, -0.05) is 12.1 Å². The molecule has 0 amide bonds. The standard InChI is InChI=1S/C19H22F2N2O4S2/c1-13-3-5-15(20)11-18(13)28(24,25)22-9-10-23(17-7-8-17)29(26,27)19-12-16(21)6-4-14(19)2/h3-6,11-12,17,22H,7-10H2,1-2H3. The van der Waals surface area contributed by atoms with Crippen molar-refractivity contribution in [3.63, 3.8) is 0 Å². The maximum Gasteiger partial charge on any atom is 0.243 e. The van der Waals surface area contributed by atoms with Gasteiger partial charge in [-0.25, -0.2) is 30.3 Å². The molecule has 2 aromatic rings. The van der Waals surface area contributed by atoms with E-state index in [0.29, 0.717) is 24.0 Å². The molecule has 1 aliphatic rings. The van der Waals surface area contributed by atoms with Crippen molar-refractivity contribution in [2.45, 2.75) is 42.5 Å². The van der Waals surface area contributed by atoms with Gasteiger partial charge in [0.05, 0.1) is 9.79 Å². The fourth-order valence-electron chi connectivity index (χ4n) is 3.07. The second kappa shape index (κ2) is 8.10. The lowest BCUT2D eigenvalue weighted by molar-refractivity contribution is 0.405. The molecule has 0 aliphatic heterocycles. The fourth-order valence-corrected chi connectivity index (χ4v) is 6.27. The average molecular weight is 445 g/mol. The molecule has 29 heavy (non-hydrogen) atoms. The van der Waals surface area contributed by atoms with E-state index in [2.05, 4.69) is 4.72 Å². The van der Waals surface area contributed by atoms with Crippen LogP contribution in [0.25, 0.3) is 0 Å². The zero-order chi connectivity index (χ0) is 21.4. The third kappa shape index (κ3) is 4.82. The van der Waals surface area contributed by atoms with Crippen LogP contribution in [-0.4, -0.2) is 40.3 Å². The average Bonchev–Trinajstić information content (AvgIpc) is 3.47.